The van der Waals surface area contributed by atoms with Gasteiger partial charge in [0.15, 0.2) is 0 Å². The molecule has 3 aromatic rings. The second-order valence-electron chi connectivity index (χ2n) is 8.85. The lowest BCUT2D eigenvalue weighted by Crippen LogP contribution is -2.35. The quantitative estimate of drug-likeness (QED) is 0.232. The van der Waals surface area contributed by atoms with Gasteiger partial charge in [0.05, 0.1) is 17.1 Å². The smallest absolute Gasteiger partial charge is 0.220 e. The van der Waals surface area contributed by atoms with Crippen LogP contribution in [0.15, 0.2) is 78.4 Å². The van der Waals surface area contributed by atoms with E-state index in [1.54, 1.807) is 19.3 Å². The van der Waals surface area contributed by atoms with Crippen LogP contribution in [0.3, 0.4) is 0 Å². The van der Waals surface area contributed by atoms with Crippen molar-refractivity contribution in [2.24, 2.45) is 9.98 Å². The Hall–Kier alpha value is -4.19. The van der Waals surface area contributed by atoms with Gasteiger partial charge in [-0.3, -0.25) is 4.99 Å². The number of para-hydroxylation sites is 1. The molecule has 1 aliphatic heterocycles. The Kier molecular flexibility index (Phi) is 8.18. The van der Waals surface area contributed by atoms with Crippen molar-refractivity contribution in [2.45, 2.75) is 39.7 Å². The minimum absolute atomic E-state index is 0.657. The summed E-state index contributed by atoms with van der Waals surface area (Å²) in [6, 6.07) is 8.66. The van der Waals surface area contributed by atoms with Crippen LogP contribution in [-0.2, 0) is 25.8 Å². The van der Waals surface area contributed by atoms with Crippen LogP contribution in [0.2, 0.25) is 0 Å². The Bertz CT molecular complexity index is 1370. The summed E-state index contributed by atoms with van der Waals surface area (Å²) in [4.78, 5) is 14.5. The number of nitrogens with zero attached hydrogens (tertiary/aromatic N) is 5. The van der Waals surface area contributed by atoms with E-state index in [0.29, 0.717) is 12.5 Å². The van der Waals surface area contributed by atoms with Crippen molar-refractivity contribution >= 4 is 23.8 Å². The SMILES string of the molecule is C=C/C=N\C(=N/C)N1CCc2nn(-c3c(CC)cccc3CC)c(/C(=C/C=C)c3cc[nH]c3C=C)c2C1. The average Bonchev–Trinajstić information content (AvgIpc) is 3.56. The van der Waals surface area contributed by atoms with E-state index in [1.165, 1.54) is 22.4 Å². The molecule has 0 atom stereocenters. The molecule has 0 bridgehead atoms. The number of aromatic amines is 1. The first-order valence-electron chi connectivity index (χ1n) is 12.8. The third-order valence-corrected chi connectivity index (χ3v) is 6.80. The maximum atomic E-state index is 5.27. The van der Waals surface area contributed by atoms with E-state index in [9.17, 15) is 0 Å². The van der Waals surface area contributed by atoms with Gasteiger partial charge in [0, 0.05) is 61.4 Å². The Morgan fingerprint density at radius 3 is 2.49 bits per heavy atom. The minimum atomic E-state index is 0.657. The lowest BCUT2D eigenvalue weighted by Gasteiger charge is -2.28. The van der Waals surface area contributed by atoms with E-state index in [1.807, 2.05) is 18.3 Å². The number of guanidine groups is 1. The van der Waals surface area contributed by atoms with Crippen molar-refractivity contribution in [2.75, 3.05) is 13.6 Å². The van der Waals surface area contributed by atoms with E-state index >= 15 is 0 Å². The van der Waals surface area contributed by atoms with Gasteiger partial charge < -0.3 is 9.88 Å². The highest BCUT2D eigenvalue weighted by Crippen LogP contribution is 2.37. The zero-order chi connectivity index (χ0) is 26.4. The molecule has 0 amide bonds. The number of hydrogen-bond acceptors (Lipinski definition) is 2. The van der Waals surface area contributed by atoms with Crippen molar-refractivity contribution < 1.29 is 0 Å². The number of rotatable bonds is 8. The predicted octanol–water partition coefficient (Wildman–Crippen LogP) is 6.19. The normalized spacial score (nSPS) is 14.2. The third-order valence-electron chi connectivity index (χ3n) is 6.80. The molecule has 2 aromatic heterocycles. The topological polar surface area (TPSA) is 61.6 Å². The molecule has 0 fully saturated rings. The van der Waals surface area contributed by atoms with Gasteiger partial charge in [-0.05, 0) is 36.1 Å². The number of nitrogens with one attached hydrogen (secondary N) is 1. The van der Waals surface area contributed by atoms with Gasteiger partial charge in [0.1, 0.15) is 0 Å². The molecular weight excluding hydrogens is 456 g/mol. The largest absolute Gasteiger partial charge is 0.361 e. The van der Waals surface area contributed by atoms with Crippen LogP contribution >= 0.6 is 0 Å². The molecule has 0 aliphatic carbocycles. The van der Waals surface area contributed by atoms with Crippen molar-refractivity contribution in [3.63, 3.8) is 0 Å². The summed E-state index contributed by atoms with van der Waals surface area (Å²) in [5.41, 5.74) is 10.2. The van der Waals surface area contributed by atoms with Crippen molar-refractivity contribution in [1.82, 2.24) is 19.7 Å². The first kappa shape index (κ1) is 25.9. The third kappa shape index (κ3) is 4.92. The van der Waals surface area contributed by atoms with Gasteiger partial charge in [-0.1, -0.05) is 70.0 Å². The van der Waals surface area contributed by atoms with E-state index in [0.717, 1.165) is 54.0 Å². The summed E-state index contributed by atoms with van der Waals surface area (Å²) in [6.07, 6.45) is 13.7. The number of aliphatic imine (C=N–C) groups is 2. The average molecular weight is 493 g/mol. The van der Waals surface area contributed by atoms with Gasteiger partial charge in [-0.15, -0.1) is 0 Å². The molecule has 37 heavy (non-hydrogen) atoms. The van der Waals surface area contributed by atoms with Gasteiger partial charge in [-0.25, -0.2) is 9.67 Å². The van der Waals surface area contributed by atoms with Crippen LogP contribution in [-0.4, -0.2) is 45.4 Å². The van der Waals surface area contributed by atoms with Gasteiger partial charge in [0.25, 0.3) is 0 Å². The fourth-order valence-corrected chi connectivity index (χ4v) is 5.07. The zero-order valence-electron chi connectivity index (χ0n) is 22.2. The Labute approximate surface area is 220 Å². The Balaban J connectivity index is 2.02. The fourth-order valence-electron chi connectivity index (χ4n) is 5.07. The number of fused-ring (bicyclic) bond motifs is 1. The molecule has 0 saturated carbocycles. The molecule has 0 radical (unpaired) electrons. The lowest BCUT2D eigenvalue weighted by atomic mass is 9.94. The molecular formula is C31H36N6. The van der Waals surface area contributed by atoms with Crippen LogP contribution in [0, 0.1) is 0 Å². The van der Waals surface area contributed by atoms with Crippen LogP contribution in [0.5, 0.6) is 0 Å². The van der Waals surface area contributed by atoms with Crippen molar-refractivity contribution in [3.8, 4) is 5.69 Å². The number of aryl methyl sites for hydroxylation is 2. The fraction of sp³-hybridized carbons (Fsp3) is 0.258. The molecule has 1 aliphatic rings. The summed E-state index contributed by atoms with van der Waals surface area (Å²) in [5, 5.41) is 5.27. The van der Waals surface area contributed by atoms with E-state index < -0.39 is 0 Å². The highest BCUT2D eigenvalue weighted by Gasteiger charge is 2.30. The molecule has 4 rings (SSSR count). The summed E-state index contributed by atoms with van der Waals surface area (Å²) < 4.78 is 2.18. The maximum Gasteiger partial charge on any atom is 0.220 e. The highest BCUT2D eigenvalue weighted by atomic mass is 15.3. The van der Waals surface area contributed by atoms with Crippen LogP contribution in [0.1, 0.15) is 53.2 Å². The second-order valence-corrected chi connectivity index (χ2v) is 8.85. The summed E-state index contributed by atoms with van der Waals surface area (Å²) in [7, 11) is 1.78. The molecule has 3 heterocycles. The second kappa shape index (κ2) is 11.7. The molecule has 1 N–H and O–H groups in total. The van der Waals surface area contributed by atoms with Crippen molar-refractivity contribution in [3.05, 3.63) is 108 Å². The van der Waals surface area contributed by atoms with Crippen LogP contribution < -0.4 is 0 Å². The standard InChI is InChI=1S/C31H36N6/c1-7-13-25(24-16-19-33-27(24)11-5)30-26-21-36(31(32-6)34-18-8-2)20-17-28(26)35-37(30)29-22(9-3)14-12-15-23(29)10-4/h7-8,11-16,18-19,33H,1-2,5,9-10,17,20-21H2,3-4,6H3/b25-13+,32-31+,34-18-. The zero-order valence-corrected chi connectivity index (χ0v) is 22.2. The molecule has 0 saturated heterocycles. The van der Waals surface area contributed by atoms with Gasteiger partial charge in [-0.2, -0.15) is 5.10 Å². The Morgan fingerprint density at radius 2 is 1.86 bits per heavy atom. The molecule has 0 unspecified atom stereocenters. The molecule has 190 valence electrons. The molecule has 6 nitrogen and oxygen atoms in total. The maximum absolute atomic E-state index is 5.27. The number of aromatic nitrogens is 3. The van der Waals surface area contributed by atoms with E-state index in [2.05, 4.69) is 88.5 Å². The lowest BCUT2D eigenvalue weighted by molar-refractivity contribution is 0.387. The molecule has 0 spiro atoms. The monoisotopic (exact) mass is 492 g/mol. The predicted molar refractivity (Wildman–Crippen MR) is 157 cm³/mol. The van der Waals surface area contributed by atoms with E-state index in [-0.39, 0.29) is 0 Å². The van der Waals surface area contributed by atoms with Crippen molar-refractivity contribution in [1.29, 1.82) is 0 Å². The first-order valence-corrected chi connectivity index (χ1v) is 12.8. The first-order chi connectivity index (χ1) is 18.1. The highest BCUT2D eigenvalue weighted by molar-refractivity contribution is 5.91. The van der Waals surface area contributed by atoms with Crippen LogP contribution in [0.25, 0.3) is 17.3 Å². The molecule has 1 aromatic carbocycles. The molecule has 6 heteroatoms. The summed E-state index contributed by atoms with van der Waals surface area (Å²) in [6.45, 7) is 17.7. The van der Waals surface area contributed by atoms with E-state index in [4.69, 9.17) is 5.10 Å². The minimum Gasteiger partial charge on any atom is -0.361 e. The Morgan fingerprint density at radius 1 is 1.11 bits per heavy atom. The number of hydrogen-bond donors (Lipinski definition) is 1. The number of allylic oxidation sites excluding steroid dienone is 3. The van der Waals surface area contributed by atoms with Crippen LogP contribution in [0.4, 0.5) is 0 Å². The number of H-pyrrole nitrogens is 1. The summed E-state index contributed by atoms with van der Waals surface area (Å²) in [5.74, 6) is 0.690. The summed E-state index contributed by atoms with van der Waals surface area (Å²) >= 11 is 0. The van der Waals surface area contributed by atoms with Gasteiger partial charge >= 0.3 is 0 Å². The number of benzene rings is 1. The van der Waals surface area contributed by atoms with Gasteiger partial charge in [0.2, 0.25) is 5.96 Å².